The SMILES string of the molecule is CCCNC(=O)C(C)S(=O)Cc1csc(-c2ccc(F)cc2)n1. The van der Waals surface area contributed by atoms with Crippen molar-refractivity contribution in [2.75, 3.05) is 6.54 Å². The van der Waals surface area contributed by atoms with Crippen molar-refractivity contribution in [2.45, 2.75) is 31.3 Å². The average Bonchev–Trinajstić information content (AvgIpc) is 3.00. The lowest BCUT2D eigenvalue weighted by Gasteiger charge is -2.10. The van der Waals surface area contributed by atoms with Gasteiger partial charge in [-0.05, 0) is 37.6 Å². The van der Waals surface area contributed by atoms with Crippen LogP contribution in [0.1, 0.15) is 26.0 Å². The molecule has 0 spiro atoms. The highest BCUT2D eigenvalue weighted by molar-refractivity contribution is 7.85. The fourth-order valence-electron chi connectivity index (χ4n) is 1.88. The zero-order chi connectivity index (χ0) is 16.8. The zero-order valence-electron chi connectivity index (χ0n) is 13.0. The van der Waals surface area contributed by atoms with E-state index in [1.54, 1.807) is 19.1 Å². The molecule has 2 unspecified atom stereocenters. The molecule has 124 valence electrons. The van der Waals surface area contributed by atoms with Crippen molar-refractivity contribution >= 4 is 28.0 Å². The number of hydrogen-bond donors (Lipinski definition) is 1. The highest BCUT2D eigenvalue weighted by Gasteiger charge is 2.20. The number of benzene rings is 1. The Morgan fingerprint density at radius 1 is 1.39 bits per heavy atom. The maximum atomic E-state index is 12.9. The lowest BCUT2D eigenvalue weighted by molar-refractivity contribution is -0.120. The first-order chi connectivity index (χ1) is 11.0. The number of amides is 1. The van der Waals surface area contributed by atoms with Crippen molar-refractivity contribution in [1.29, 1.82) is 0 Å². The number of carbonyl (C=O) groups excluding carboxylic acids is 1. The fraction of sp³-hybridized carbons (Fsp3) is 0.375. The van der Waals surface area contributed by atoms with Gasteiger partial charge >= 0.3 is 0 Å². The van der Waals surface area contributed by atoms with Crippen LogP contribution in [0, 0.1) is 5.82 Å². The minimum absolute atomic E-state index is 0.195. The summed E-state index contributed by atoms with van der Waals surface area (Å²) in [5.41, 5.74) is 1.50. The summed E-state index contributed by atoms with van der Waals surface area (Å²) in [5, 5.41) is 4.75. The molecule has 1 N–H and O–H groups in total. The van der Waals surface area contributed by atoms with E-state index in [9.17, 15) is 13.4 Å². The van der Waals surface area contributed by atoms with Gasteiger partial charge in [-0.15, -0.1) is 11.3 Å². The summed E-state index contributed by atoms with van der Waals surface area (Å²) in [5.74, 6) is -0.254. The smallest absolute Gasteiger partial charge is 0.235 e. The number of nitrogens with zero attached hydrogens (tertiary/aromatic N) is 1. The summed E-state index contributed by atoms with van der Waals surface area (Å²) in [6.07, 6.45) is 0.845. The van der Waals surface area contributed by atoms with E-state index in [0.29, 0.717) is 12.2 Å². The van der Waals surface area contributed by atoms with Gasteiger partial charge in [0.05, 0.1) is 11.4 Å². The van der Waals surface area contributed by atoms with Crippen molar-refractivity contribution in [3.8, 4) is 10.6 Å². The Hall–Kier alpha value is -1.60. The minimum atomic E-state index is -1.32. The second-order valence-corrected chi connectivity index (χ2v) is 7.72. The first kappa shape index (κ1) is 17.7. The Kier molecular flexibility index (Phi) is 6.41. The average molecular weight is 354 g/mol. The molecule has 2 rings (SSSR count). The van der Waals surface area contributed by atoms with Crippen LogP contribution in [0.15, 0.2) is 29.6 Å². The summed E-state index contributed by atoms with van der Waals surface area (Å²) >= 11 is 1.42. The summed E-state index contributed by atoms with van der Waals surface area (Å²) in [6, 6.07) is 6.09. The summed E-state index contributed by atoms with van der Waals surface area (Å²) in [4.78, 5) is 16.3. The fourth-order valence-corrected chi connectivity index (χ4v) is 3.82. The lowest BCUT2D eigenvalue weighted by Crippen LogP contribution is -2.36. The van der Waals surface area contributed by atoms with Crippen LogP contribution in [0.25, 0.3) is 10.6 Å². The topological polar surface area (TPSA) is 59.1 Å². The number of halogens is 1. The molecule has 0 aliphatic rings. The summed E-state index contributed by atoms with van der Waals surface area (Å²) < 4.78 is 25.2. The van der Waals surface area contributed by atoms with Gasteiger partial charge in [0.1, 0.15) is 16.1 Å². The molecule has 7 heteroatoms. The molecular formula is C16H19FN2O2S2. The standard InChI is InChI=1S/C16H19FN2O2S2/c1-3-8-18-15(20)11(2)23(21)10-14-9-22-16(19-14)12-4-6-13(17)7-5-12/h4-7,9,11H,3,8,10H2,1-2H3,(H,18,20). The molecule has 0 aliphatic carbocycles. The van der Waals surface area contributed by atoms with Crippen molar-refractivity contribution in [2.24, 2.45) is 0 Å². The second-order valence-electron chi connectivity index (χ2n) is 5.11. The van der Waals surface area contributed by atoms with Gasteiger partial charge < -0.3 is 5.32 Å². The third kappa shape index (κ3) is 4.94. The monoisotopic (exact) mass is 354 g/mol. The maximum absolute atomic E-state index is 12.9. The van der Waals surface area contributed by atoms with Gasteiger partial charge in [0.2, 0.25) is 5.91 Å². The highest BCUT2D eigenvalue weighted by atomic mass is 32.2. The van der Waals surface area contributed by atoms with E-state index >= 15 is 0 Å². The molecule has 0 bridgehead atoms. The summed E-state index contributed by atoms with van der Waals surface area (Å²) in [6.45, 7) is 4.22. The van der Waals surface area contributed by atoms with Gasteiger partial charge in [-0.3, -0.25) is 9.00 Å². The molecule has 4 nitrogen and oxygen atoms in total. The van der Waals surface area contributed by atoms with Gasteiger partial charge in [-0.1, -0.05) is 6.92 Å². The zero-order valence-corrected chi connectivity index (χ0v) is 14.7. The molecule has 1 amide bonds. The summed E-state index contributed by atoms with van der Waals surface area (Å²) in [7, 11) is -1.32. The van der Waals surface area contributed by atoms with Crippen LogP contribution >= 0.6 is 11.3 Å². The Labute approximate surface area is 141 Å². The van der Waals surface area contributed by atoms with Crippen LogP contribution in [0.4, 0.5) is 4.39 Å². The van der Waals surface area contributed by atoms with Crippen molar-refractivity contribution in [3.05, 3.63) is 41.2 Å². The number of carbonyl (C=O) groups is 1. The van der Waals surface area contributed by atoms with Crippen LogP contribution in [0.3, 0.4) is 0 Å². The number of nitrogens with one attached hydrogen (secondary N) is 1. The quantitative estimate of drug-likeness (QED) is 0.831. The van der Waals surface area contributed by atoms with E-state index in [0.717, 1.165) is 17.0 Å². The van der Waals surface area contributed by atoms with E-state index in [1.807, 2.05) is 12.3 Å². The van der Waals surface area contributed by atoms with Gasteiger partial charge in [-0.25, -0.2) is 9.37 Å². The molecule has 1 aromatic carbocycles. The van der Waals surface area contributed by atoms with Crippen LogP contribution in [-0.2, 0) is 21.3 Å². The van der Waals surface area contributed by atoms with Gasteiger partial charge in [0.15, 0.2) is 0 Å². The van der Waals surface area contributed by atoms with E-state index in [2.05, 4.69) is 10.3 Å². The third-order valence-corrected chi connectivity index (χ3v) is 5.77. The molecule has 2 atom stereocenters. The van der Waals surface area contributed by atoms with Gasteiger partial charge in [0.25, 0.3) is 0 Å². The van der Waals surface area contributed by atoms with Crippen LogP contribution < -0.4 is 5.32 Å². The molecule has 1 aromatic heterocycles. The Balaban J connectivity index is 1.99. The lowest BCUT2D eigenvalue weighted by atomic mass is 10.2. The molecule has 0 radical (unpaired) electrons. The molecule has 0 aliphatic heterocycles. The van der Waals surface area contributed by atoms with Crippen LogP contribution in [-0.4, -0.2) is 26.9 Å². The minimum Gasteiger partial charge on any atom is -0.355 e. The van der Waals surface area contributed by atoms with Gasteiger partial charge in [-0.2, -0.15) is 0 Å². The predicted octanol–water partition coefficient (Wildman–Crippen LogP) is 3.11. The Bertz CT molecular complexity index is 686. The van der Waals surface area contributed by atoms with Crippen molar-refractivity contribution in [1.82, 2.24) is 10.3 Å². The number of thiazole rings is 1. The second kappa shape index (κ2) is 8.31. The van der Waals surface area contributed by atoms with Crippen LogP contribution in [0.5, 0.6) is 0 Å². The number of rotatable bonds is 7. The molecular weight excluding hydrogens is 335 g/mol. The van der Waals surface area contributed by atoms with E-state index in [1.165, 1.54) is 23.5 Å². The number of hydrogen-bond acceptors (Lipinski definition) is 4. The molecule has 0 fully saturated rings. The van der Waals surface area contributed by atoms with E-state index < -0.39 is 16.0 Å². The highest BCUT2D eigenvalue weighted by Crippen LogP contribution is 2.24. The van der Waals surface area contributed by atoms with E-state index in [4.69, 9.17) is 0 Å². The normalized spacial score (nSPS) is 13.5. The van der Waals surface area contributed by atoms with Crippen molar-refractivity contribution in [3.63, 3.8) is 0 Å². The van der Waals surface area contributed by atoms with E-state index in [-0.39, 0.29) is 17.5 Å². The Morgan fingerprint density at radius 3 is 2.74 bits per heavy atom. The first-order valence-electron chi connectivity index (χ1n) is 7.36. The molecule has 1 heterocycles. The number of aromatic nitrogens is 1. The maximum Gasteiger partial charge on any atom is 0.235 e. The van der Waals surface area contributed by atoms with Crippen LogP contribution in [0.2, 0.25) is 0 Å². The molecule has 23 heavy (non-hydrogen) atoms. The largest absolute Gasteiger partial charge is 0.355 e. The first-order valence-corrected chi connectivity index (χ1v) is 9.62. The van der Waals surface area contributed by atoms with Crippen molar-refractivity contribution < 1.29 is 13.4 Å². The van der Waals surface area contributed by atoms with Gasteiger partial charge in [0, 0.05) is 28.3 Å². The predicted molar refractivity (Wildman–Crippen MR) is 92.1 cm³/mol. The molecule has 0 saturated heterocycles. The Morgan fingerprint density at radius 2 is 2.09 bits per heavy atom. The molecule has 0 saturated carbocycles. The molecule has 2 aromatic rings. The third-order valence-electron chi connectivity index (χ3n) is 3.25.